The minimum atomic E-state index is -0.285. The molecule has 0 saturated carbocycles. The van der Waals surface area contributed by atoms with Crippen LogP contribution in [0, 0.1) is 5.82 Å². The van der Waals surface area contributed by atoms with Gasteiger partial charge in [0.25, 0.3) is 0 Å². The Labute approximate surface area is 120 Å². The number of thioether (sulfide) groups is 1. The van der Waals surface area contributed by atoms with Crippen LogP contribution < -0.4 is 10.2 Å². The molecule has 0 aliphatic heterocycles. The van der Waals surface area contributed by atoms with Crippen LogP contribution in [0.25, 0.3) is 0 Å². The third-order valence-electron chi connectivity index (χ3n) is 2.71. The predicted octanol–water partition coefficient (Wildman–Crippen LogP) is 2.91. The largest absolute Gasteiger partial charge is 0.359 e. The van der Waals surface area contributed by atoms with E-state index in [4.69, 9.17) is 0 Å². The molecule has 0 saturated heterocycles. The summed E-state index contributed by atoms with van der Waals surface area (Å²) in [6.07, 6.45) is 3.36. The van der Waals surface area contributed by atoms with Gasteiger partial charge in [-0.3, -0.25) is 0 Å². The summed E-state index contributed by atoms with van der Waals surface area (Å²) in [7, 11) is 2.00. The molecule has 108 valence electrons. The van der Waals surface area contributed by atoms with Crippen molar-refractivity contribution in [1.82, 2.24) is 10.3 Å². The molecule has 0 radical (unpaired) electrons. The van der Waals surface area contributed by atoms with Crippen LogP contribution in [0.4, 0.5) is 10.2 Å². The Kier molecular flexibility index (Phi) is 6.07. The Hall–Kier alpha value is -0.810. The van der Waals surface area contributed by atoms with Crippen LogP contribution in [0.15, 0.2) is 12.3 Å². The van der Waals surface area contributed by atoms with Gasteiger partial charge in [0.1, 0.15) is 11.6 Å². The molecule has 3 nitrogen and oxygen atoms in total. The fourth-order valence-corrected chi connectivity index (χ4v) is 2.10. The zero-order chi connectivity index (χ0) is 14.5. The first kappa shape index (κ1) is 16.2. The van der Waals surface area contributed by atoms with E-state index in [1.165, 1.54) is 6.20 Å². The SMILES string of the molecule is CSCCN(C)c1ncc(F)cc1CNC(C)(C)C. The summed E-state index contributed by atoms with van der Waals surface area (Å²) >= 11 is 1.79. The van der Waals surface area contributed by atoms with Crippen LogP contribution in [0.1, 0.15) is 26.3 Å². The van der Waals surface area contributed by atoms with Crippen LogP contribution in [-0.2, 0) is 6.54 Å². The second-order valence-electron chi connectivity index (χ2n) is 5.65. The van der Waals surface area contributed by atoms with E-state index >= 15 is 0 Å². The summed E-state index contributed by atoms with van der Waals surface area (Å²) < 4.78 is 13.4. The fraction of sp³-hybridized carbons (Fsp3) is 0.643. The van der Waals surface area contributed by atoms with Crippen LogP contribution in [-0.4, -0.2) is 36.1 Å². The minimum Gasteiger partial charge on any atom is -0.359 e. The summed E-state index contributed by atoms with van der Waals surface area (Å²) in [6, 6.07) is 1.57. The number of aromatic nitrogens is 1. The van der Waals surface area contributed by atoms with Gasteiger partial charge in [0, 0.05) is 37.0 Å². The molecule has 0 bridgehead atoms. The quantitative estimate of drug-likeness (QED) is 0.870. The maximum Gasteiger partial charge on any atom is 0.141 e. The van der Waals surface area contributed by atoms with Crippen LogP contribution in [0.5, 0.6) is 0 Å². The van der Waals surface area contributed by atoms with Crippen molar-refractivity contribution in [2.45, 2.75) is 32.9 Å². The highest BCUT2D eigenvalue weighted by Gasteiger charge is 2.14. The summed E-state index contributed by atoms with van der Waals surface area (Å²) in [5.74, 6) is 1.60. The van der Waals surface area contributed by atoms with Crippen molar-refractivity contribution < 1.29 is 4.39 Å². The zero-order valence-corrected chi connectivity index (χ0v) is 13.3. The molecular weight excluding hydrogens is 261 g/mol. The maximum atomic E-state index is 13.4. The summed E-state index contributed by atoms with van der Waals surface area (Å²) in [6.45, 7) is 7.81. The van der Waals surface area contributed by atoms with Crippen LogP contribution in [0.3, 0.4) is 0 Å². The second-order valence-corrected chi connectivity index (χ2v) is 6.64. The molecule has 0 aromatic carbocycles. The summed E-state index contributed by atoms with van der Waals surface area (Å²) in [5.41, 5.74) is 0.903. The van der Waals surface area contributed by atoms with E-state index in [0.717, 1.165) is 23.7 Å². The molecular formula is C14H24FN3S. The molecule has 0 unspecified atom stereocenters. The Morgan fingerprint density at radius 1 is 1.42 bits per heavy atom. The molecule has 1 heterocycles. The molecule has 0 amide bonds. The molecule has 1 aromatic heterocycles. The number of rotatable bonds is 6. The standard InChI is InChI=1S/C14H24FN3S/c1-14(2,3)17-9-11-8-12(15)10-16-13(11)18(4)6-7-19-5/h8,10,17H,6-7,9H2,1-5H3. The third-order valence-corrected chi connectivity index (χ3v) is 3.30. The molecule has 1 rings (SSSR count). The van der Waals surface area contributed by atoms with Gasteiger partial charge < -0.3 is 10.2 Å². The van der Waals surface area contributed by atoms with E-state index in [2.05, 4.69) is 42.2 Å². The molecule has 1 aromatic rings. The van der Waals surface area contributed by atoms with E-state index < -0.39 is 0 Å². The molecule has 19 heavy (non-hydrogen) atoms. The average molecular weight is 285 g/mol. The van der Waals surface area contributed by atoms with Crippen molar-refractivity contribution in [3.63, 3.8) is 0 Å². The fourth-order valence-electron chi connectivity index (χ4n) is 1.64. The highest BCUT2D eigenvalue weighted by Crippen LogP contribution is 2.18. The first-order valence-corrected chi connectivity index (χ1v) is 7.82. The molecule has 0 fully saturated rings. The van der Waals surface area contributed by atoms with Gasteiger partial charge in [-0.25, -0.2) is 9.37 Å². The van der Waals surface area contributed by atoms with E-state index in [-0.39, 0.29) is 11.4 Å². The van der Waals surface area contributed by atoms with Gasteiger partial charge in [-0.15, -0.1) is 0 Å². The summed E-state index contributed by atoms with van der Waals surface area (Å²) in [4.78, 5) is 6.31. The Morgan fingerprint density at radius 2 is 2.11 bits per heavy atom. The summed E-state index contributed by atoms with van der Waals surface area (Å²) in [5, 5.41) is 3.38. The minimum absolute atomic E-state index is 0.00142. The Bertz CT molecular complexity index is 404. The highest BCUT2D eigenvalue weighted by atomic mass is 32.2. The first-order chi connectivity index (χ1) is 8.83. The number of hydrogen-bond donors (Lipinski definition) is 1. The van der Waals surface area contributed by atoms with Crippen LogP contribution >= 0.6 is 11.8 Å². The van der Waals surface area contributed by atoms with Crippen molar-refractivity contribution in [1.29, 1.82) is 0 Å². The second kappa shape index (κ2) is 7.10. The lowest BCUT2D eigenvalue weighted by Crippen LogP contribution is -2.36. The Balaban J connectivity index is 2.85. The highest BCUT2D eigenvalue weighted by molar-refractivity contribution is 7.98. The van der Waals surface area contributed by atoms with Gasteiger partial charge in [0.2, 0.25) is 0 Å². The van der Waals surface area contributed by atoms with Gasteiger partial charge in [0.05, 0.1) is 6.20 Å². The van der Waals surface area contributed by atoms with Gasteiger partial charge in [-0.2, -0.15) is 11.8 Å². The maximum absolute atomic E-state index is 13.4. The van der Waals surface area contributed by atoms with Crippen molar-refractivity contribution in [2.75, 3.05) is 30.5 Å². The van der Waals surface area contributed by atoms with Crippen molar-refractivity contribution in [3.8, 4) is 0 Å². The number of halogens is 1. The predicted molar refractivity (Wildman–Crippen MR) is 82.4 cm³/mol. The molecule has 1 N–H and O–H groups in total. The van der Waals surface area contributed by atoms with E-state index in [0.29, 0.717) is 6.54 Å². The Morgan fingerprint density at radius 3 is 2.68 bits per heavy atom. The first-order valence-electron chi connectivity index (χ1n) is 6.43. The van der Waals surface area contributed by atoms with E-state index in [9.17, 15) is 4.39 Å². The number of nitrogens with one attached hydrogen (secondary N) is 1. The lowest BCUT2D eigenvalue weighted by atomic mass is 10.1. The van der Waals surface area contributed by atoms with Crippen molar-refractivity contribution in [2.24, 2.45) is 0 Å². The molecule has 0 aliphatic carbocycles. The normalized spacial score (nSPS) is 11.7. The lowest BCUT2D eigenvalue weighted by Gasteiger charge is -2.24. The van der Waals surface area contributed by atoms with Crippen molar-refractivity contribution in [3.05, 3.63) is 23.6 Å². The average Bonchev–Trinajstić information content (AvgIpc) is 2.32. The van der Waals surface area contributed by atoms with Gasteiger partial charge in [-0.05, 0) is 33.1 Å². The van der Waals surface area contributed by atoms with Crippen molar-refractivity contribution >= 4 is 17.6 Å². The number of anilines is 1. The molecule has 0 aliphatic rings. The smallest absolute Gasteiger partial charge is 0.141 e. The topological polar surface area (TPSA) is 28.2 Å². The number of hydrogen-bond acceptors (Lipinski definition) is 4. The van der Waals surface area contributed by atoms with Gasteiger partial charge in [-0.1, -0.05) is 0 Å². The monoisotopic (exact) mass is 285 g/mol. The van der Waals surface area contributed by atoms with Gasteiger partial charge >= 0.3 is 0 Å². The van der Waals surface area contributed by atoms with E-state index in [1.807, 2.05) is 7.05 Å². The van der Waals surface area contributed by atoms with E-state index in [1.54, 1.807) is 17.8 Å². The number of pyridine rings is 1. The third kappa shape index (κ3) is 5.78. The molecule has 0 atom stereocenters. The van der Waals surface area contributed by atoms with Crippen LogP contribution in [0.2, 0.25) is 0 Å². The van der Waals surface area contributed by atoms with Gasteiger partial charge in [0.15, 0.2) is 0 Å². The zero-order valence-electron chi connectivity index (χ0n) is 12.5. The lowest BCUT2D eigenvalue weighted by molar-refractivity contribution is 0.423. The molecule has 0 spiro atoms. The molecule has 5 heteroatoms. The number of nitrogens with zero attached hydrogens (tertiary/aromatic N) is 2.